The van der Waals surface area contributed by atoms with Gasteiger partial charge < -0.3 is 10.1 Å². The lowest BCUT2D eigenvalue weighted by Crippen LogP contribution is -2.42. The molecule has 4 rings (SSSR count). The average Bonchev–Trinajstić information content (AvgIpc) is 3.49. The standard InChI is InChI=1S/C22H24ClN3O4/c1-13-11-17(8-9-18(13)29-19-10-7-16(23)12-24-19)25-22(28)20(14-5-6-14)30-26-21(27)15-3-2-4-15/h7-12,14-15,20H,2-6H2,1H3,(H,25,28)(H,26,27). The molecule has 1 aromatic carbocycles. The summed E-state index contributed by atoms with van der Waals surface area (Å²) >= 11 is 5.84. The number of benzene rings is 1. The Labute approximate surface area is 180 Å². The number of aryl methyl sites for hydroxylation is 1. The minimum absolute atomic E-state index is 0.0123. The van der Waals surface area contributed by atoms with Crippen molar-refractivity contribution < 1.29 is 19.2 Å². The van der Waals surface area contributed by atoms with Crippen molar-refractivity contribution in [3.05, 3.63) is 47.1 Å². The maximum Gasteiger partial charge on any atom is 0.256 e. The third kappa shape index (κ3) is 5.09. The molecule has 8 heteroatoms. The Morgan fingerprint density at radius 1 is 1.17 bits per heavy atom. The first-order valence-electron chi connectivity index (χ1n) is 10.2. The number of aromatic nitrogens is 1. The number of anilines is 1. The Hall–Kier alpha value is -2.64. The molecular weight excluding hydrogens is 406 g/mol. The monoisotopic (exact) mass is 429 g/mol. The van der Waals surface area contributed by atoms with E-state index < -0.39 is 6.10 Å². The third-order valence-corrected chi connectivity index (χ3v) is 5.65. The summed E-state index contributed by atoms with van der Waals surface area (Å²) in [4.78, 5) is 34.4. The Kier molecular flexibility index (Phi) is 6.20. The number of halogens is 1. The molecule has 1 heterocycles. The molecule has 1 atom stereocenters. The van der Waals surface area contributed by atoms with E-state index in [0.29, 0.717) is 22.3 Å². The Morgan fingerprint density at radius 2 is 1.97 bits per heavy atom. The highest BCUT2D eigenvalue weighted by Gasteiger charge is 2.39. The summed E-state index contributed by atoms with van der Waals surface area (Å²) in [6.45, 7) is 1.88. The lowest BCUT2D eigenvalue weighted by atomic mass is 9.85. The van der Waals surface area contributed by atoms with E-state index >= 15 is 0 Å². The first-order valence-corrected chi connectivity index (χ1v) is 10.5. The fraction of sp³-hybridized carbons (Fsp3) is 0.409. The van der Waals surface area contributed by atoms with Gasteiger partial charge in [0.25, 0.3) is 5.91 Å². The van der Waals surface area contributed by atoms with Crippen LogP contribution in [0.5, 0.6) is 11.6 Å². The van der Waals surface area contributed by atoms with E-state index in [1.807, 2.05) is 13.0 Å². The number of ether oxygens (including phenoxy) is 1. The molecule has 30 heavy (non-hydrogen) atoms. The van der Waals surface area contributed by atoms with Gasteiger partial charge in [-0.15, -0.1) is 0 Å². The molecule has 2 amide bonds. The molecule has 0 bridgehead atoms. The van der Waals surface area contributed by atoms with Gasteiger partial charge in [0.2, 0.25) is 11.8 Å². The SMILES string of the molecule is Cc1cc(NC(=O)C(ONC(=O)C2CCC2)C2CC2)ccc1Oc1ccc(Cl)cn1. The van der Waals surface area contributed by atoms with E-state index in [1.165, 1.54) is 6.20 Å². The molecule has 2 aliphatic rings. The molecule has 0 saturated heterocycles. The summed E-state index contributed by atoms with van der Waals surface area (Å²) < 4.78 is 5.77. The van der Waals surface area contributed by atoms with Crippen LogP contribution < -0.4 is 15.5 Å². The van der Waals surface area contributed by atoms with Crippen molar-refractivity contribution in [3.8, 4) is 11.6 Å². The summed E-state index contributed by atoms with van der Waals surface area (Å²) in [6, 6.07) is 8.74. The van der Waals surface area contributed by atoms with Gasteiger partial charge in [-0.25, -0.2) is 10.5 Å². The van der Waals surface area contributed by atoms with E-state index in [2.05, 4.69) is 15.8 Å². The van der Waals surface area contributed by atoms with Crippen LogP contribution in [0.3, 0.4) is 0 Å². The van der Waals surface area contributed by atoms with Crippen molar-refractivity contribution in [2.75, 3.05) is 5.32 Å². The van der Waals surface area contributed by atoms with Crippen LogP contribution in [0.15, 0.2) is 36.5 Å². The fourth-order valence-electron chi connectivity index (χ4n) is 3.23. The zero-order valence-corrected chi connectivity index (χ0v) is 17.4. The van der Waals surface area contributed by atoms with Crippen molar-refractivity contribution in [1.29, 1.82) is 0 Å². The highest BCUT2D eigenvalue weighted by molar-refractivity contribution is 6.30. The van der Waals surface area contributed by atoms with Crippen molar-refractivity contribution in [1.82, 2.24) is 10.5 Å². The zero-order chi connectivity index (χ0) is 21.1. The number of carbonyl (C=O) groups excluding carboxylic acids is 2. The van der Waals surface area contributed by atoms with Crippen LogP contribution >= 0.6 is 11.6 Å². The summed E-state index contributed by atoms with van der Waals surface area (Å²) in [5, 5.41) is 3.42. The molecule has 2 N–H and O–H groups in total. The van der Waals surface area contributed by atoms with Gasteiger partial charge in [-0.05, 0) is 68.4 Å². The number of carbonyl (C=O) groups is 2. The highest BCUT2D eigenvalue weighted by atomic mass is 35.5. The summed E-state index contributed by atoms with van der Waals surface area (Å²) in [5.74, 6) is 0.811. The summed E-state index contributed by atoms with van der Waals surface area (Å²) in [5.41, 5.74) is 3.96. The Bertz CT molecular complexity index is 926. The van der Waals surface area contributed by atoms with Gasteiger partial charge in [-0.1, -0.05) is 18.0 Å². The molecular formula is C22H24ClN3O4. The van der Waals surface area contributed by atoms with Crippen LogP contribution in [0, 0.1) is 18.8 Å². The molecule has 158 valence electrons. The van der Waals surface area contributed by atoms with Crippen LogP contribution in [-0.4, -0.2) is 22.9 Å². The number of amides is 2. The van der Waals surface area contributed by atoms with Gasteiger partial charge in [-0.2, -0.15) is 0 Å². The lowest BCUT2D eigenvalue weighted by molar-refractivity contribution is -0.151. The smallest absolute Gasteiger partial charge is 0.256 e. The molecule has 2 saturated carbocycles. The average molecular weight is 430 g/mol. The third-order valence-electron chi connectivity index (χ3n) is 5.43. The van der Waals surface area contributed by atoms with Gasteiger partial charge in [-0.3, -0.25) is 14.4 Å². The quantitative estimate of drug-likeness (QED) is 0.607. The summed E-state index contributed by atoms with van der Waals surface area (Å²) in [7, 11) is 0. The normalized spacial score (nSPS) is 17.0. The molecule has 2 fully saturated rings. The number of nitrogens with one attached hydrogen (secondary N) is 2. The maximum atomic E-state index is 12.7. The second-order valence-electron chi connectivity index (χ2n) is 7.86. The van der Waals surface area contributed by atoms with Crippen LogP contribution in [0.1, 0.15) is 37.7 Å². The summed E-state index contributed by atoms with van der Waals surface area (Å²) in [6.07, 6.45) is 5.49. The van der Waals surface area contributed by atoms with Gasteiger partial charge >= 0.3 is 0 Å². The topological polar surface area (TPSA) is 89.6 Å². The fourth-order valence-corrected chi connectivity index (χ4v) is 3.34. The van der Waals surface area contributed by atoms with E-state index in [9.17, 15) is 9.59 Å². The lowest BCUT2D eigenvalue weighted by Gasteiger charge is -2.25. The molecule has 2 aromatic rings. The number of hydroxylamine groups is 1. The minimum atomic E-state index is -0.691. The number of rotatable bonds is 8. The predicted molar refractivity (Wildman–Crippen MR) is 112 cm³/mol. The first-order chi connectivity index (χ1) is 14.5. The van der Waals surface area contributed by atoms with Gasteiger partial charge in [0.15, 0.2) is 6.10 Å². The van der Waals surface area contributed by atoms with Crippen LogP contribution in [0.4, 0.5) is 5.69 Å². The number of hydrogen-bond donors (Lipinski definition) is 2. The van der Waals surface area contributed by atoms with Crippen molar-refractivity contribution in [2.45, 2.75) is 45.1 Å². The van der Waals surface area contributed by atoms with E-state index in [-0.39, 0.29) is 23.7 Å². The van der Waals surface area contributed by atoms with Crippen molar-refractivity contribution >= 4 is 29.1 Å². The van der Waals surface area contributed by atoms with Crippen LogP contribution in [-0.2, 0) is 14.4 Å². The van der Waals surface area contributed by atoms with E-state index in [1.54, 1.807) is 24.3 Å². The molecule has 1 aromatic heterocycles. The minimum Gasteiger partial charge on any atom is -0.439 e. The molecule has 0 radical (unpaired) electrons. The number of nitrogens with zero attached hydrogens (tertiary/aromatic N) is 1. The molecule has 0 aliphatic heterocycles. The van der Waals surface area contributed by atoms with Gasteiger partial charge in [0.05, 0.1) is 5.02 Å². The zero-order valence-electron chi connectivity index (χ0n) is 16.7. The van der Waals surface area contributed by atoms with Gasteiger partial charge in [0, 0.05) is 23.9 Å². The second kappa shape index (κ2) is 9.02. The number of hydrogen-bond acceptors (Lipinski definition) is 5. The molecule has 2 aliphatic carbocycles. The molecule has 1 unspecified atom stereocenters. The number of pyridine rings is 1. The predicted octanol–water partition coefficient (Wildman–Crippen LogP) is 4.40. The second-order valence-corrected chi connectivity index (χ2v) is 8.29. The molecule has 7 nitrogen and oxygen atoms in total. The van der Waals surface area contributed by atoms with Crippen LogP contribution in [0.2, 0.25) is 5.02 Å². The largest absolute Gasteiger partial charge is 0.439 e. The Balaban J connectivity index is 1.36. The first kappa shape index (κ1) is 20.6. The Morgan fingerprint density at radius 3 is 2.57 bits per heavy atom. The van der Waals surface area contributed by atoms with E-state index in [0.717, 1.165) is 37.7 Å². The van der Waals surface area contributed by atoms with Crippen molar-refractivity contribution in [2.24, 2.45) is 11.8 Å². The maximum absolute atomic E-state index is 12.7. The van der Waals surface area contributed by atoms with Crippen LogP contribution in [0.25, 0.3) is 0 Å². The molecule has 0 spiro atoms. The van der Waals surface area contributed by atoms with Gasteiger partial charge in [0.1, 0.15) is 5.75 Å². The van der Waals surface area contributed by atoms with Crippen molar-refractivity contribution in [3.63, 3.8) is 0 Å². The van der Waals surface area contributed by atoms with E-state index in [4.69, 9.17) is 21.2 Å². The highest BCUT2D eigenvalue weighted by Crippen LogP contribution is 2.35.